The fraction of sp³-hybridized carbons (Fsp3) is 0.636. The van der Waals surface area contributed by atoms with E-state index < -0.39 is 35.0 Å². The summed E-state index contributed by atoms with van der Waals surface area (Å²) in [6, 6.07) is 5.22. The number of aliphatic hydroxyl groups excluding tert-OH is 1. The van der Waals surface area contributed by atoms with Crippen LogP contribution >= 0.6 is 11.6 Å². The number of carbonyl (C=O) groups is 2. The Morgan fingerprint density at radius 3 is 2.58 bits per heavy atom. The molecule has 31 heavy (non-hydrogen) atoms. The smallest absolute Gasteiger partial charge is 0.408 e. The lowest BCUT2D eigenvalue weighted by molar-refractivity contribution is -0.134. The van der Waals surface area contributed by atoms with Gasteiger partial charge in [0.25, 0.3) is 5.91 Å². The van der Waals surface area contributed by atoms with Crippen molar-refractivity contribution in [2.75, 3.05) is 11.9 Å². The summed E-state index contributed by atoms with van der Waals surface area (Å²) in [4.78, 5) is 25.3. The van der Waals surface area contributed by atoms with E-state index in [1.165, 1.54) is 0 Å². The molecule has 3 saturated carbocycles. The summed E-state index contributed by atoms with van der Waals surface area (Å²) in [5.41, 5.74) is -1.06. The maximum Gasteiger partial charge on any atom is 0.408 e. The van der Waals surface area contributed by atoms with E-state index in [4.69, 9.17) is 21.1 Å². The number of hydrogen-bond donors (Lipinski definition) is 4. The van der Waals surface area contributed by atoms with Gasteiger partial charge in [-0.25, -0.2) is 4.79 Å². The summed E-state index contributed by atoms with van der Waals surface area (Å²) in [6.07, 6.45) is 0.879. The number of ether oxygens (including phenoxy) is 2. The van der Waals surface area contributed by atoms with E-state index in [1.807, 2.05) is 0 Å². The maximum absolute atomic E-state index is 13.0. The van der Waals surface area contributed by atoms with Gasteiger partial charge in [0.05, 0.1) is 23.9 Å². The van der Waals surface area contributed by atoms with Gasteiger partial charge >= 0.3 is 6.09 Å². The molecule has 2 atom stereocenters. The van der Waals surface area contributed by atoms with Gasteiger partial charge in [-0.3, -0.25) is 4.79 Å². The Kier molecular flexibility index (Phi) is 5.50. The van der Waals surface area contributed by atoms with Gasteiger partial charge in [0.15, 0.2) is 6.10 Å². The van der Waals surface area contributed by atoms with Crippen molar-refractivity contribution in [2.24, 2.45) is 0 Å². The second kappa shape index (κ2) is 7.74. The first-order valence-corrected chi connectivity index (χ1v) is 11.1. The van der Waals surface area contributed by atoms with Crippen LogP contribution in [0.5, 0.6) is 5.75 Å². The average molecular weight is 452 g/mol. The van der Waals surface area contributed by atoms with Crippen molar-refractivity contribution in [1.82, 2.24) is 10.6 Å². The third kappa shape index (κ3) is 4.55. The molecule has 3 fully saturated rings. The molecule has 0 spiro atoms. The summed E-state index contributed by atoms with van der Waals surface area (Å²) in [5, 5.41) is 20.7. The Bertz CT molecular complexity index is 876. The zero-order valence-corrected chi connectivity index (χ0v) is 18.8. The Morgan fingerprint density at radius 2 is 1.94 bits per heavy atom. The molecule has 3 aliphatic carbocycles. The summed E-state index contributed by atoms with van der Waals surface area (Å²) in [7, 11) is 0. The van der Waals surface area contributed by atoms with Crippen LogP contribution in [-0.4, -0.2) is 52.5 Å². The van der Waals surface area contributed by atoms with E-state index >= 15 is 0 Å². The monoisotopic (exact) mass is 451 g/mol. The van der Waals surface area contributed by atoms with Crippen LogP contribution in [0.3, 0.4) is 0 Å². The van der Waals surface area contributed by atoms with Crippen LogP contribution in [0.4, 0.5) is 10.5 Å². The first-order valence-electron chi connectivity index (χ1n) is 10.7. The summed E-state index contributed by atoms with van der Waals surface area (Å²) >= 11 is 6.00. The molecule has 0 aromatic heterocycles. The standard InChI is InChI=1S/C22H30ClN3O5/c1-20(2,3)31-19(29)26-22-8-6-21(7-9-22,11-17(22)27)25-18(28)16-12-24-14-10-13(23)4-5-15(14)30-16/h4-5,10,16-17,24,27H,6-9,11-12H2,1-3H3,(H,25,28)(H,26,29)/t16-,17-,21?,22?/m0/s1. The van der Waals surface area contributed by atoms with Crippen LogP contribution in [-0.2, 0) is 9.53 Å². The molecule has 2 amide bonds. The SMILES string of the molecule is CC(C)(C)OC(=O)NC12CCC(NC(=O)[C@@H]3CNc4cc(Cl)ccc4O3)(CC1)C[C@@H]2O. The van der Waals surface area contributed by atoms with Gasteiger partial charge in [-0.05, 0) is 71.1 Å². The molecule has 5 rings (SSSR count). The van der Waals surface area contributed by atoms with Gasteiger partial charge in [0, 0.05) is 10.6 Å². The molecule has 1 heterocycles. The van der Waals surface area contributed by atoms with Crippen molar-refractivity contribution in [3.8, 4) is 5.75 Å². The predicted octanol–water partition coefficient (Wildman–Crippen LogP) is 2.97. The molecule has 4 N–H and O–H groups in total. The largest absolute Gasteiger partial charge is 0.477 e. The van der Waals surface area contributed by atoms with E-state index in [2.05, 4.69) is 16.0 Å². The minimum absolute atomic E-state index is 0.213. The predicted molar refractivity (Wildman–Crippen MR) is 116 cm³/mol. The minimum atomic E-state index is -0.768. The Balaban J connectivity index is 1.38. The zero-order valence-electron chi connectivity index (χ0n) is 18.1. The molecular formula is C22H30ClN3O5. The third-order valence-electron chi connectivity index (χ3n) is 6.44. The Hall–Kier alpha value is -2.19. The molecule has 2 bridgehead atoms. The van der Waals surface area contributed by atoms with Gasteiger partial charge in [0.2, 0.25) is 0 Å². The molecule has 170 valence electrons. The van der Waals surface area contributed by atoms with Gasteiger partial charge in [-0.1, -0.05) is 11.6 Å². The molecule has 1 aromatic carbocycles. The number of nitrogens with one attached hydrogen (secondary N) is 3. The number of alkyl carbamates (subject to hydrolysis) is 1. The van der Waals surface area contributed by atoms with Gasteiger partial charge < -0.3 is 30.5 Å². The number of benzene rings is 1. The molecule has 8 nitrogen and oxygen atoms in total. The zero-order chi connectivity index (χ0) is 22.4. The molecule has 0 saturated heterocycles. The minimum Gasteiger partial charge on any atom is -0.477 e. The van der Waals surface area contributed by atoms with Crippen molar-refractivity contribution in [3.05, 3.63) is 23.2 Å². The van der Waals surface area contributed by atoms with Crippen LogP contribution in [0.2, 0.25) is 5.02 Å². The average Bonchev–Trinajstić information content (AvgIpc) is 2.67. The quantitative estimate of drug-likeness (QED) is 0.562. The number of amides is 2. The fourth-order valence-corrected chi connectivity index (χ4v) is 4.97. The van der Waals surface area contributed by atoms with Crippen LogP contribution in [0.25, 0.3) is 0 Å². The second-order valence-corrected chi connectivity index (χ2v) is 10.3. The van der Waals surface area contributed by atoms with Gasteiger partial charge in [0.1, 0.15) is 11.4 Å². The normalized spacial score (nSPS) is 31.6. The number of carbonyl (C=O) groups excluding carboxylic acids is 2. The van der Waals surface area contributed by atoms with E-state index in [1.54, 1.807) is 39.0 Å². The van der Waals surface area contributed by atoms with E-state index in [-0.39, 0.29) is 5.91 Å². The Morgan fingerprint density at radius 1 is 1.23 bits per heavy atom. The molecule has 4 aliphatic rings. The van der Waals surface area contributed by atoms with Crippen molar-refractivity contribution in [2.45, 2.75) is 81.8 Å². The molecule has 0 unspecified atom stereocenters. The number of aliphatic hydroxyl groups is 1. The maximum atomic E-state index is 13.0. The number of rotatable bonds is 3. The highest BCUT2D eigenvalue weighted by Crippen LogP contribution is 2.47. The first-order chi connectivity index (χ1) is 14.5. The van der Waals surface area contributed by atoms with Gasteiger partial charge in [-0.2, -0.15) is 0 Å². The lowest BCUT2D eigenvalue weighted by Gasteiger charge is -2.56. The van der Waals surface area contributed by atoms with E-state index in [9.17, 15) is 14.7 Å². The van der Waals surface area contributed by atoms with Crippen LogP contribution in [0.1, 0.15) is 52.9 Å². The number of halogens is 1. The van der Waals surface area contributed by atoms with Crippen molar-refractivity contribution < 1.29 is 24.2 Å². The molecular weight excluding hydrogens is 422 g/mol. The van der Waals surface area contributed by atoms with Crippen LogP contribution < -0.4 is 20.7 Å². The van der Waals surface area contributed by atoms with Crippen molar-refractivity contribution in [1.29, 1.82) is 0 Å². The molecule has 1 aromatic rings. The van der Waals surface area contributed by atoms with E-state index in [0.29, 0.717) is 49.4 Å². The topological polar surface area (TPSA) is 109 Å². The second-order valence-electron chi connectivity index (χ2n) is 9.90. The van der Waals surface area contributed by atoms with Crippen molar-refractivity contribution in [3.63, 3.8) is 0 Å². The lowest BCUT2D eigenvalue weighted by atomic mass is 9.60. The summed E-state index contributed by atoms with van der Waals surface area (Å²) < 4.78 is 11.2. The lowest BCUT2D eigenvalue weighted by Crippen LogP contribution is -2.71. The highest BCUT2D eigenvalue weighted by atomic mass is 35.5. The van der Waals surface area contributed by atoms with Gasteiger partial charge in [-0.15, -0.1) is 0 Å². The summed E-state index contributed by atoms with van der Waals surface area (Å²) in [6.45, 7) is 5.75. The number of hydrogen-bond acceptors (Lipinski definition) is 6. The highest BCUT2D eigenvalue weighted by molar-refractivity contribution is 6.30. The van der Waals surface area contributed by atoms with Crippen LogP contribution in [0.15, 0.2) is 18.2 Å². The van der Waals surface area contributed by atoms with Crippen molar-refractivity contribution >= 4 is 29.3 Å². The Labute approximate surface area is 187 Å². The fourth-order valence-electron chi connectivity index (χ4n) is 4.80. The first kappa shape index (κ1) is 22.0. The number of anilines is 1. The third-order valence-corrected chi connectivity index (χ3v) is 6.68. The summed E-state index contributed by atoms with van der Waals surface area (Å²) in [5.74, 6) is 0.371. The molecule has 1 aliphatic heterocycles. The number of fused-ring (bicyclic) bond motifs is 4. The van der Waals surface area contributed by atoms with Crippen LogP contribution in [0, 0.1) is 0 Å². The highest BCUT2D eigenvalue weighted by Gasteiger charge is 2.56. The molecule has 0 radical (unpaired) electrons. The molecule has 9 heteroatoms. The van der Waals surface area contributed by atoms with E-state index in [0.717, 1.165) is 5.69 Å².